The van der Waals surface area contributed by atoms with E-state index >= 15 is 0 Å². The molecular weight excluding hydrogens is 322 g/mol. The normalized spacial score (nSPS) is 12.2. The van der Waals surface area contributed by atoms with Crippen molar-refractivity contribution in [2.45, 2.75) is 24.3 Å². The summed E-state index contributed by atoms with van der Waals surface area (Å²) in [5.41, 5.74) is 2.25. The molecule has 0 saturated heterocycles. The van der Waals surface area contributed by atoms with Crippen LogP contribution in [0.15, 0.2) is 58.2 Å². The van der Waals surface area contributed by atoms with E-state index in [4.69, 9.17) is 0 Å². The number of thioether (sulfide) groups is 1. The van der Waals surface area contributed by atoms with Crippen molar-refractivity contribution in [1.82, 2.24) is 15.3 Å². The van der Waals surface area contributed by atoms with E-state index in [-0.39, 0.29) is 17.6 Å². The summed E-state index contributed by atoms with van der Waals surface area (Å²) in [5.74, 6) is 0.765. The van der Waals surface area contributed by atoms with E-state index in [9.17, 15) is 9.59 Å². The van der Waals surface area contributed by atoms with E-state index in [1.54, 1.807) is 11.8 Å². The second kappa shape index (κ2) is 7.40. The second-order valence-electron chi connectivity index (χ2n) is 5.58. The molecule has 2 aromatic carbocycles. The maximum Gasteiger partial charge on any atom is 0.323 e. The fourth-order valence-corrected chi connectivity index (χ4v) is 3.37. The van der Waals surface area contributed by atoms with Crippen LogP contribution in [-0.4, -0.2) is 21.6 Å². The van der Waals surface area contributed by atoms with Crippen molar-refractivity contribution in [2.75, 3.05) is 5.75 Å². The number of hydrogen-bond donors (Lipinski definition) is 3. The molecule has 3 rings (SSSR count). The molecule has 0 spiro atoms. The first-order valence-corrected chi connectivity index (χ1v) is 8.79. The lowest BCUT2D eigenvalue weighted by Gasteiger charge is -2.14. The molecule has 0 aliphatic carbocycles. The highest BCUT2D eigenvalue weighted by Gasteiger charge is 2.11. The summed E-state index contributed by atoms with van der Waals surface area (Å²) in [4.78, 5) is 30.0. The van der Waals surface area contributed by atoms with Gasteiger partial charge in [0.25, 0.3) is 0 Å². The van der Waals surface area contributed by atoms with Crippen LogP contribution < -0.4 is 11.0 Å². The van der Waals surface area contributed by atoms with E-state index in [1.165, 1.54) is 4.90 Å². The van der Waals surface area contributed by atoms with Crippen LogP contribution in [0.25, 0.3) is 11.0 Å². The Labute approximate surface area is 143 Å². The number of hydrogen-bond acceptors (Lipinski definition) is 3. The molecule has 0 bridgehead atoms. The maximum atomic E-state index is 12.1. The van der Waals surface area contributed by atoms with E-state index in [0.717, 1.165) is 22.3 Å². The van der Waals surface area contributed by atoms with Gasteiger partial charge in [-0.25, -0.2) is 4.79 Å². The predicted molar refractivity (Wildman–Crippen MR) is 97.3 cm³/mol. The molecule has 3 aromatic rings. The highest BCUT2D eigenvalue weighted by Crippen LogP contribution is 2.19. The number of carbonyl (C=O) groups excluding carboxylic acids is 1. The Morgan fingerprint density at radius 2 is 1.88 bits per heavy atom. The molecular formula is C18H19N3O2S. The average Bonchev–Trinajstić information content (AvgIpc) is 2.94. The van der Waals surface area contributed by atoms with Crippen molar-refractivity contribution in [1.29, 1.82) is 0 Å². The summed E-state index contributed by atoms with van der Waals surface area (Å²) in [6.45, 7) is 1.94. The van der Waals surface area contributed by atoms with Gasteiger partial charge < -0.3 is 15.3 Å². The summed E-state index contributed by atoms with van der Waals surface area (Å²) in [6.07, 6.45) is 0.465. The molecule has 5 nitrogen and oxygen atoms in total. The summed E-state index contributed by atoms with van der Waals surface area (Å²) in [6, 6.07) is 15.6. The molecule has 1 unspecified atom stereocenters. The van der Waals surface area contributed by atoms with Gasteiger partial charge in [-0.15, -0.1) is 11.8 Å². The molecule has 3 N–H and O–H groups in total. The predicted octanol–water partition coefficient (Wildman–Crippen LogP) is 3.22. The number of carbonyl (C=O) groups is 1. The molecule has 0 aliphatic heterocycles. The summed E-state index contributed by atoms with van der Waals surface area (Å²) >= 11 is 1.67. The third-order valence-electron chi connectivity index (χ3n) is 3.76. The lowest BCUT2D eigenvalue weighted by molar-refractivity contribution is -0.121. The monoisotopic (exact) mass is 341 g/mol. The number of benzene rings is 2. The fourth-order valence-electron chi connectivity index (χ4n) is 2.49. The zero-order valence-corrected chi connectivity index (χ0v) is 14.2. The van der Waals surface area contributed by atoms with Crippen LogP contribution in [0.1, 0.15) is 24.9 Å². The van der Waals surface area contributed by atoms with Crippen molar-refractivity contribution in [3.63, 3.8) is 0 Å². The minimum Gasteiger partial charge on any atom is -0.350 e. The minimum atomic E-state index is -0.225. The topological polar surface area (TPSA) is 77.8 Å². The molecule has 0 fully saturated rings. The van der Waals surface area contributed by atoms with E-state index in [1.807, 2.05) is 55.5 Å². The van der Waals surface area contributed by atoms with Crippen molar-refractivity contribution >= 4 is 28.7 Å². The molecule has 0 radical (unpaired) electrons. The highest BCUT2D eigenvalue weighted by molar-refractivity contribution is 7.99. The van der Waals surface area contributed by atoms with Gasteiger partial charge in [0.1, 0.15) is 0 Å². The molecule has 0 saturated carbocycles. The molecule has 1 heterocycles. The second-order valence-corrected chi connectivity index (χ2v) is 6.75. The smallest absolute Gasteiger partial charge is 0.323 e. The molecule has 1 amide bonds. The molecule has 6 heteroatoms. The third-order valence-corrected chi connectivity index (χ3v) is 4.77. The molecule has 0 aliphatic rings. The van der Waals surface area contributed by atoms with Gasteiger partial charge >= 0.3 is 5.69 Å². The number of fused-ring (bicyclic) bond motifs is 1. The Hall–Kier alpha value is -2.47. The van der Waals surface area contributed by atoms with E-state index in [0.29, 0.717) is 6.42 Å². The minimum absolute atomic E-state index is 0.0218. The van der Waals surface area contributed by atoms with Crippen molar-refractivity contribution < 1.29 is 4.79 Å². The first kappa shape index (κ1) is 16.4. The standard InChI is InChI=1S/C18H19N3O2S/c1-12(13-7-8-15-16(11-13)21-18(23)20-15)19-17(22)9-10-24-14-5-3-2-4-6-14/h2-8,11-12H,9-10H2,1H3,(H,19,22)(H2,20,21,23). The summed E-state index contributed by atoms with van der Waals surface area (Å²) in [7, 11) is 0. The quantitative estimate of drug-likeness (QED) is 0.603. The van der Waals surface area contributed by atoms with Crippen molar-refractivity contribution in [2.24, 2.45) is 0 Å². The zero-order valence-electron chi connectivity index (χ0n) is 13.3. The number of H-pyrrole nitrogens is 2. The van der Waals surface area contributed by atoms with Crippen LogP contribution in [0.5, 0.6) is 0 Å². The van der Waals surface area contributed by atoms with E-state index < -0.39 is 0 Å². The molecule has 124 valence electrons. The highest BCUT2D eigenvalue weighted by atomic mass is 32.2. The first-order chi connectivity index (χ1) is 11.6. The molecule has 24 heavy (non-hydrogen) atoms. The summed E-state index contributed by atoms with van der Waals surface area (Å²) < 4.78 is 0. The lowest BCUT2D eigenvalue weighted by atomic mass is 10.1. The Balaban J connectivity index is 1.53. The van der Waals surface area contributed by atoms with Crippen LogP contribution in [0, 0.1) is 0 Å². The fraction of sp³-hybridized carbons (Fsp3) is 0.222. The van der Waals surface area contributed by atoms with Crippen LogP contribution in [0.4, 0.5) is 0 Å². The SMILES string of the molecule is CC(NC(=O)CCSc1ccccc1)c1ccc2[nH]c(=O)[nH]c2c1. The maximum absolute atomic E-state index is 12.1. The average molecular weight is 341 g/mol. The number of aromatic nitrogens is 2. The van der Waals surface area contributed by atoms with Gasteiger partial charge in [-0.2, -0.15) is 0 Å². The Bertz CT molecular complexity index is 886. The zero-order chi connectivity index (χ0) is 16.9. The molecule has 1 aromatic heterocycles. The van der Waals surface area contributed by atoms with Gasteiger partial charge in [0.2, 0.25) is 5.91 Å². The number of nitrogens with one attached hydrogen (secondary N) is 3. The lowest BCUT2D eigenvalue weighted by Crippen LogP contribution is -2.26. The Morgan fingerprint density at radius 1 is 1.12 bits per heavy atom. The van der Waals surface area contributed by atoms with Gasteiger partial charge in [-0.3, -0.25) is 4.79 Å². The summed E-state index contributed by atoms with van der Waals surface area (Å²) in [5, 5.41) is 3.00. The van der Waals surface area contributed by atoms with Gasteiger partial charge in [-0.1, -0.05) is 24.3 Å². The largest absolute Gasteiger partial charge is 0.350 e. The van der Waals surface area contributed by atoms with Crippen molar-refractivity contribution in [3.8, 4) is 0 Å². The Morgan fingerprint density at radius 3 is 2.67 bits per heavy atom. The van der Waals surface area contributed by atoms with Crippen LogP contribution in [-0.2, 0) is 4.79 Å². The number of imidazole rings is 1. The molecule has 1 atom stereocenters. The van der Waals surface area contributed by atoms with Gasteiger partial charge in [0.05, 0.1) is 17.1 Å². The Kier molecular flexibility index (Phi) is 5.05. The third kappa shape index (κ3) is 4.08. The van der Waals surface area contributed by atoms with Gasteiger partial charge in [0, 0.05) is 17.1 Å². The van der Waals surface area contributed by atoms with Gasteiger partial charge in [0.15, 0.2) is 0 Å². The van der Waals surface area contributed by atoms with Crippen LogP contribution in [0.2, 0.25) is 0 Å². The van der Waals surface area contributed by atoms with E-state index in [2.05, 4.69) is 15.3 Å². The van der Waals surface area contributed by atoms with Crippen LogP contribution >= 0.6 is 11.8 Å². The number of rotatable bonds is 6. The number of aromatic amines is 2. The first-order valence-electron chi connectivity index (χ1n) is 7.81. The van der Waals surface area contributed by atoms with Crippen LogP contribution in [0.3, 0.4) is 0 Å². The number of amides is 1. The van der Waals surface area contributed by atoms with Gasteiger partial charge in [-0.05, 0) is 36.8 Å². The van der Waals surface area contributed by atoms with Crippen molar-refractivity contribution in [3.05, 3.63) is 64.6 Å².